The molecule has 7 nitrogen and oxygen atoms in total. The first kappa shape index (κ1) is 21.2. The largest absolute Gasteiger partial charge is 0.360 e. The van der Waals surface area contributed by atoms with Gasteiger partial charge in [0.2, 0.25) is 5.91 Å². The lowest BCUT2D eigenvalue weighted by Crippen LogP contribution is -2.17. The molecule has 1 aliphatic carbocycles. The van der Waals surface area contributed by atoms with E-state index in [9.17, 15) is 4.79 Å². The fourth-order valence-electron chi connectivity index (χ4n) is 3.63. The van der Waals surface area contributed by atoms with Crippen LogP contribution in [0.4, 0.5) is 5.82 Å². The van der Waals surface area contributed by atoms with Crippen molar-refractivity contribution in [2.45, 2.75) is 50.2 Å². The first-order valence-corrected chi connectivity index (χ1v) is 11.5. The summed E-state index contributed by atoms with van der Waals surface area (Å²) in [4.78, 5) is 12.3. The molecule has 1 aliphatic rings. The summed E-state index contributed by atoms with van der Waals surface area (Å²) >= 11 is 13.9. The average molecular weight is 466 g/mol. The lowest BCUT2D eigenvalue weighted by atomic mass is 9.95. The van der Waals surface area contributed by atoms with Crippen LogP contribution in [0.5, 0.6) is 0 Å². The number of anilines is 1. The molecule has 0 atom stereocenters. The molecule has 0 aliphatic heterocycles. The zero-order chi connectivity index (χ0) is 21.1. The molecule has 0 saturated heterocycles. The first-order chi connectivity index (χ1) is 14.5. The summed E-state index contributed by atoms with van der Waals surface area (Å²) in [5.74, 6) is 1.75. The van der Waals surface area contributed by atoms with Crippen molar-refractivity contribution in [2.24, 2.45) is 0 Å². The minimum absolute atomic E-state index is 0.183. The van der Waals surface area contributed by atoms with Crippen molar-refractivity contribution >= 4 is 46.7 Å². The highest BCUT2D eigenvalue weighted by Gasteiger charge is 2.25. The number of carbonyl (C=O) groups excluding carboxylic acids is 1. The summed E-state index contributed by atoms with van der Waals surface area (Å²) in [6.45, 7) is 1.77. The van der Waals surface area contributed by atoms with E-state index in [2.05, 4.69) is 25.2 Å². The van der Waals surface area contributed by atoms with E-state index in [1.165, 1.54) is 18.2 Å². The lowest BCUT2D eigenvalue weighted by Gasteiger charge is -2.25. The van der Waals surface area contributed by atoms with Crippen molar-refractivity contribution in [2.75, 3.05) is 11.1 Å². The Balaban J connectivity index is 1.57. The van der Waals surface area contributed by atoms with Crippen molar-refractivity contribution in [1.82, 2.24) is 19.9 Å². The predicted octanol–water partition coefficient (Wildman–Crippen LogP) is 5.78. The molecular formula is C20H21Cl2N5O2S. The van der Waals surface area contributed by atoms with Crippen LogP contribution in [0.15, 0.2) is 33.9 Å². The Bertz CT molecular complexity index is 1050. The van der Waals surface area contributed by atoms with Crippen LogP contribution in [-0.4, -0.2) is 31.6 Å². The van der Waals surface area contributed by atoms with Gasteiger partial charge in [-0.3, -0.25) is 9.36 Å². The Hall–Kier alpha value is -2.03. The quantitative estimate of drug-likeness (QED) is 0.463. The van der Waals surface area contributed by atoms with Crippen LogP contribution in [0.3, 0.4) is 0 Å². The minimum Gasteiger partial charge on any atom is -0.360 e. The van der Waals surface area contributed by atoms with Crippen molar-refractivity contribution in [3.05, 3.63) is 40.1 Å². The summed E-state index contributed by atoms with van der Waals surface area (Å²) in [6, 6.07) is 7.32. The Labute approximate surface area is 188 Å². The fraction of sp³-hybridized carbons (Fsp3) is 0.400. The van der Waals surface area contributed by atoms with E-state index < -0.39 is 0 Å². The number of nitrogens with one attached hydrogen (secondary N) is 1. The molecule has 0 spiro atoms. The third-order valence-corrected chi connectivity index (χ3v) is 6.50. The number of benzene rings is 1. The van der Waals surface area contributed by atoms with Gasteiger partial charge in [0.25, 0.3) is 0 Å². The number of aromatic nitrogens is 4. The number of carbonyl (C=O) groups is 1. The second-order valence-electron chi connectivity index (χ2n) is 7.25. The normalized spacial score (nSPS) is 14.8. The first-order valence-electron chi connectivity index (χ1n) is 9.77. The number of thioether (sulfide) groups is 1. The van der Waals surface area contributed by atoms with Crippen LogP contribution in [0.2, 0.25) is 10.0 Å². The average Bonchev–Trinajstić information content (AvgIpc) is 3.33. The highest BCUT2D eigenvalue weighted by molar-refractivity contribution is 7.99. The van der Waals surface area contributed by atoms with Crippen LogP contribution in [0.1, 0.15) is 43.9 Å². The number of rotatable bonds is 6. The SMILES string of the molecule is Cc1cc(NC(=O)CSc2nnc(-c3ccc(Cl)cc3Cl)n2C2CCCCC2)no1. The van der Waals surface area contributed by atoms with Gasteiger partial charge in [0.1, 0.15) is 5.76 Å². The molecule has 10 heteroatoms. The van der Waals surface area contributed by atoms with Gasteiger partial charge in [-0.25, -0.2) is 0 Å². The molecule has 1 amide bonds. The summed E-state index contributed by atoms with van der Waals surface area (Å²) in [5.41, 5.74) is 0.786. The van der Waals surface area contributed by atoms with Crippen molar-refractivity contribution in [1.29, 1.82) is 0 Å². The van der Waals surface area contributed by atoms with Crippen LogP contribution in [0.25, 0.3) is 11.4 Å². The molecule has 1 N–H and O–H groups in total. The molecule has 0 unspecified atom stereocenters. The molecule has 1 fully saturated rings. The van der Waals surface area contributed by atoms with Gasteiger partial charge in [-0.2, -0.15) is 0 Å². The predicted molar refractivity (Wildman–Crippen MR) is 118 cm³/mol. The summed E-state index contributed by atoms with van der Waals surface area (Å²) in [7, 11) is 0. The van der Waals surface area contributed by atoms with Gasteiger partial charge in [0, 0.05) is 22.7 Å². The van der Waals surface area contributed by atoms with Gasteiger partial charge < -0.3 is 9.84 Å². The summed E-state index contributed by atoms with van der Waals surface area (Å²) in [6.07, 6.45) is 5.65. The fourth-order valence-corrected chi connectivity index (χ4v) is 4.93. The van der Waals surface area contributed by atoms with Gasteiger partial charge in [-0.1, -0.05) is 59.4 Å². The highest BCUT2D eigenvalue weighted by atomic mass is 35.5. The Morgan fingerprint density at radius 3 is 2.73 bits per heavy atom. The van der Waals surface area contributed by atoms with E-state index in [0.717, 1.165) is 31.2 Å². The lowest BCUT2D eigenvalue weighted by molar-refractivity contribution is -0.113. The standard InChI is InChI=1S/C20H21Cl2N5O2S/c1-12-9-17(26-29-12)23-18(28)11-30-20-25-24-19(15-8-7-13(21)10-16(15)22)27(20)14-5-3-2-4-6-14/h7-10,14H,2-6,11H2,1H3,(H,23,26,28). The monoisotopic (exact) mass is 465 g/mol. The molecule has 158 valence electrons. The van der Waals surface area contributed by atoms with Gasteiger partial charge >= 0.3 is 0 Å². The van der Waals surface area contributed by atoms with Gasteiger partial charge in [-0.05, 0) is 38.0 Å². The van der Waals surface area contributed by atoms with E-state index >= 15 is 0 Å². The number of aryl methyl sites for hydroxylation is 1. The molecule has 30 heavy (non-hydrogen) atoms. The maximum absolute atomic E-state index is 12.3. The summed E-state index contributed by atoms with van der Waals surface area (Å²) in [5, 5.41) is 17.1. The number of amides is 1. The molecule has 0 radical (unpaired) electrons. The zero-order valence-corrected chi connectivity index (χ0v) is 18.7. The summed E-state index contributed by atoms with van der Waals surface area (Å²) < 4.78 is 7.11. The minimum atomic E-state index is -0.183. The smallest absolute Gasteiger partial charge is 0.236 e. The van der Waals surface area contributed by atoms with Crippen molar-refractivity contribution < 1.29 is 9.32 Å². The van der Waals surface area contributed by atoms with Gasteiger partial charge in [0.05, 0.1) is 10.8 Å². The number of nitrogens with zero attached hydrogens (tertiary/aromatic N) is 4. The van der Waals surface area contributed by atoms with E-state index in [1.54, 1.807) is 25.1 Å². The zero-order valence-electron chi connectivity index (χ0n) is 16.4. The van der Waals surface area contributed by atoms with Crippen molar-refractivity contribution in [3.63, 3.8) is 0 Å². The van der Waals surface area contributed by atoms with E-state index in [1.807, 2.05) is 6.07 Å². The number of hydrogen-bond donors (Lipinski definition) is 1. The van der Waals surface area contributed by atoms with Crippen LogP contribution in [-0.2, 0) is 4.79 Å². The van der Waals surface area contributed by atoms with Crippen LogP contribution < -0.4 is 5.32 Å². The second kappa shape index (κ2) is 9.41. The van der Waals surface area contributed by atoms with Crippen LogP contribution in [0, 0.1) is 6.92 Å². The third kappa shape index (κ3) is 4.82. The molecule has 2 heterocycles. The second-order valence-corrected chi connectivity index (χ2v) is 9.04. The molecule has 1 saturated carbocycles. The Morgan fingerprint density at radius 2 is 2.03 bits per heavy atom. The molecular weight excluding hydrogens is 445 g/mol. The maximum atomic E-state index is 12.3. The molecule has 0 bridgehead atoms. The molecule has 3 aromatic rings. The Morgan fingerprint density at radius 1 is 1.23 bits per heavy atom. The van der Waals surface area contributed by atoms with Gasteiger partial charge in [-0.15, -0.1) is 10.2 Å². The number of hydrogen-bond acceptors (Lipinski definition) is 6. The number of halogens is 2. The molecule has 1 aromatic carbocycles. The highest BCUT2D eigenvalue weighted by Crippen LogP contribution is 2.38. The van der Waals surface area contributed by atoms with E-state index in [-0.39, 0.29) is 17.7 Å². The van der Waals surface area contributed by atoms with E-state index in [0.29, 0.717) is 32.6 Å². The molecule has 2 aromatic heterocycles. The van der Waals surface area contributed by atoms with Gasteiger partial charge in [0.15, 0.2) is 16.8 Å². The third-order valence-electron chi connectivity index (χ3n) is 5.00. The Kier molecular flexibility index (Phi) is 6.65. The van der Waals surface area contributed by atoms with Crippen molar-refractivity contribution in [3.8, 4) is 11.4 Å². The molecule has 4 rings (SSSR count). The maximum Gasteiger partial charge on any atom is 0.236 e. The topological polar surface area (TPSA) is 85.8 Å². The van der Waals surface area contributed by atoms with Crippen LogP contribution >= 0.6 is 35.0 Å². The van der Waals surface area contributed by atoms with E-state index in [4.69, 9.17) is 27.7 Å².